The van der Waals surface area contributed by atoms with Crippen LogP contribution in [0.15, 0.2) is 47.5 Å². The lowest BCUT2D eigenvalue weighted by Crippen LogP contribution is -1.99. The van der Waals surface area contributed by atoms with Crippen LogP contribution in [0.5, 0.6) is 5.75 Å². The zero-order chi connectivity index (χ0) is 16.1. The summed E-state index contributed by atoms with van der Waals surface area (Å²) in [5, 5.41) is 27.3. The average Bonchev–Trinajstić information content (AvgIpc) is 2.47. The number of carboxylic acids is 2. The standard InChI is InChI=1S/C16H13NO5/c18-14-6-3-11(16(21)22)8-12(14)9-17-13-4-1-10(2-5-13)7-15(19)20/h1-6,8-9,18H,7H2,(H,19,20)(H,21,22). The molecule has 0 aromatic heterocycles. The summed E-state index contributed by atoms with van der Waals surface area (Å²) in [6.45, 7) is 0. The number of aromatic hydroxyl groups is 1. The third-order valence-corrected chi connectivity index (χ3v) is 2.92. The molecule has 22 heavy (non-hydrogen) atoms. The maximum Gasteiger partial charge on any atom is 0.335 e. The van der Waals surface area contributed by atoms with Gasteiger partial charge in [0.05, 0.1) is 17.7 Å². The molecule has 0 radical (unpaired) electrons. The third kappa shape index (κ3) is 3.92. The Morgan fingerprint density at radius 3 is 2.32 bits per heavy atom. The highest BCUT2D eigenvalue weighted by Gasteiger charge is 2.06. The van der Waals surface area contributed by atoms with E-state index in [4.69, 9.17) is 10.2 Å². The summed E-state index contributed by atoms with van der Waals surface area (Å²) in [7, 11) is 0. The number of aliphatic imine (C=N–C) groups is 1. The van der Waals surface area contributed by atoms with Gasteiger partial charge in [-0.1, -0.05) is 12.1 Å². The average molecular weight is 299 g/mol. The number of phenolic OH excluding ortho intramolecular Hbond substituents is 1. The summed E-state index contributed by atoms with van der Waals surface area (Å²) < 4.78 is 0. The van der Waals surface area contributed by atoms with Crippen LogP contribution in [0.2, 0.25) is 0 Å². The Bertz CT molecular complexity index is 735. The molecule has 3 N–H and O–H groups in total. The van der Waals surface area contributed by atoms with Crippen molar-refractivity contribution in [1.29, 1.82) is 0 Å². The molecule has 0 heterocycles. The number of carboxylic acid groups (broad SMARTS) is 2. The van der Waals surface area contributed by atoms with E-state index in [2.05, 4.69) is 4.99 Å². The molecule has 0 fully saturated rings. The first kappa shape index (κ1) is 15.2. The van der Waals surface area contributed by atoms with Crippen molar-refractivity contribution in [2.45, 2.75) is 6.42 Å². The number of nitrogens with zero attached hydrogens (tertiary/aromatic N) is 1. The predicted octanol–water partition coefficient (Wildman–Crippen LogP) is 2.47. The van der Waals surface area contributed by atoms with Crippen LogP contribution in [-0.2, 0) is 11.2 Å². The monoisotopic (exact) mass is 299 g/mol. The number of hydrogen-bond donors (Lipinski definition) is 3. The molecule has 2 aromatic rings. The van der Waals surface area contributed by atoms with Crippen molar-refractivity contribution in [2.24, 2.45) is 4.99 Å². The Labute approximate surface area is 126 Å². The largest absolute Gasteiger partial charge is 0.507 e. The molecule has 0 spiro atoms. The molecule has 2 aromatic carbocycles. The van der Waals surface area contributed by atoms with Gasteiger partial charge in [0.2, 0.25) is 0 Å². The number of phenols is 1. The van der Waals surface area contributed by atoms with E-state index in [-0.39, 0.29) is 23.3 Å². The molecule has 0 amide bonds. The summed E-state index contributed by atoms with van der Waals surface area (Å²) in [6.07, 6.45) is 1.29. The lowest BCUT2D eigenvalue weighted by molar-refractivity contribution is -0.136. The molecule has 0 saturated carbocycles. The lowest BCUT2D eigenvalue weighted by atomic mass is 10.1. The molecule has 0 aliphatic heterocycles. The first-order valence-corrected chi connectivity index (χ1v) is 6.37. The predicted molar refractivity (Wildman–Crippen MR) is 80.1 cm³/mol. The van der Waals surface area contributed by atoms with Gasteiger partial charge in [0, 0.05) is 11.8 Å². The zero-order valence-corrected chi connectivity index (χ0v) is 11.4. The van der Waals surface area contributed by atoms with Crippen molar-refractivity contribution >= 4 is 23.8 Å². The first-order chi connectivity index (χ1) is 10.5. The second-order valence-corrected chi connectivity index (χ2v) is 4.57. The maximum atomic E-state index is 10.9. The zero-order valence-electron chi connectivity index (χ0n) is 11.4. The van der Waals surface area contributed by atoms with E-state index >= 15 is 0 Å². The van der Waals surface area contributed by atoms with Gasteiger partial charge in [0.15, 0.2) is 0 Å². The van der Waals surface area contributed by atoms with E-state index in [0.29, 0.717) is 11.3 Å². The third-order valence-electron chi connectivity index (χ3n) is 2.92. The van der Waals surface area contributed by atoms with Gasteiger partial charge in [-0.25, -0.2) is 4.79 Å². The fourth-order valence-corrected chi connectivity index (χ4v) is 1.81. The van der Waals surface area contributed by atoms with Crippen LogP contribution in [0.1, 0.15) is 21.5 Å². The fraction of sp³-hybridized carbons (Fsp3) is 0.0625. The SMILES string of the molecule is O=C(O)Cc1ccc(N=Cc2cc(C(=O)O)ccc2O)cc1. The summed E-state index contributed by atoms with van der Waals surface area (Å²) in [4.78, 5) is 25.6. The van der Waals surface area contributed by atoms with Crippen molar-refractivity contribution in [1.82, 2.24) is 0 Å². The number of carbonyl (C=O) groups is 2. The van der Waals surface area contributed by atoms with Gasteiger partial charge in [-0.15, -0.1) is 0 Å². The van der Waals surface area contributed by atoms with Crippen molar-refractivity contribution in [3.05, 3.63) is 59.2 Å². The molecule has 0 bridgehead atoms. The molecule has 0 aliphatic rings. The van der Waals surface area contributed by atoms with Crippen molar-refractivity contribution in [3.8, 4) is 5.75 Å². The molecular formula is C16H13NO5. The summed E-state index contributed by atoms with van der Waals surface area (Å²) in [5.41, 5.74) is 1.56. The number of benzene rings is 2. The summed E-state index contributed by atoms with van der Waals surface area (Å²) >= 11 is 0. The number of hydrogen-bond acceptors (Lipinski definition) is 4. The molecule has 0 atom stereocenters. The topological polar surface area (TPSA) is 107 Å². The Kier molecular flexibility index (Phi) is 4.53. The van der Waals surface area contributed by atoms with Gasteiger partial charge in [-0.2, -0.15) is 0 Å². The first-order valence-electron chi connectivity index (χ1n) is 6.37. The van der Waals surface area contributed by atoms with Crippen LogP contribution in [-0.4, -0.2) is 33.5 Å². The molecule has 0 unspecified atom stereocenters. The van der Waals surface area contributed by atoms with Crippen LogP contribution >= 0.6 is 0 Å². The Balaban J connectivity index is 2.19. The lowest BCUT2D eigenvalue weighted by Gasteiger charge is -2.01. The molecule has 112 valence electrons. The van der Waals surface area contributed by atoms with Crippen LogP contribution in [0.4, 0.5) is 5.69 Å². The van der Waals surface area contributed by atoms with Crippen molar-refractivity contribution in [3.63, 3.8) is 0 Å². The molecular weight excluding hydrogens is 286 g/mol. The molecule has 6 nitrogen and oxygen atoms in total. The van der Waals surface area contributed by atoms with Gasteiger partial charge in [0.25, 0.3) is 0 Å². The van der Waals surface area contributed by atoms with Crippen molar-refractivity contribution in [2.75, 3.05) is 0 Å². The van der Waals surface area contributed by atoms with Crippen LogP contribution in [0, 0.1) is 0 Å². The molecule has 0 aliphatic carbocycles. The van der Waals surface area contributed by atoms with Crippen molar-refractivity contribution < 1.29 is 24.9 Å². The van der Waals surface area contributed by atoms with E-state index < -0.39 is 11.9 Å². The van der Waals surface area contributed by atoms with Gasteiger partial charge in [-0.05, 0) is 35.9 Å². The van der Waals surface area contributed by atoms with E-state index in [0.717, 1.165) is 0 Å². The molecule has 2 rings (SSSR count). The van der Waals surface area contributed by atoms with E-state index in [9.17, 15) is 14.7 Å². The van der Waals surface area contributed by atoms with Gasteiger partial charge in [0.1, 0.15) is 5.75 Å². The Hall–Kier alpha value is -3.15. The minimum atomic E-state index is -1.09. The highest BCUT2D eigenvalue weighted by Crippen LogP contribution is 2.19. The summed E-state index contributed by atoms with van der Waals surface area (Å²) in [5.74, 6) is -2.07. The summed E-state index contributed by atoms with van der Waals surface area (Å²) in [6, 6.07) is 10.5. The molecule has 0 saturated heterocycles. The minimum absolute atomic E-state index is 0.0519. The maximum absolute atomic E-state index is 10.9. The Morgan fingerprint density at radius 2 is 1.73 bits per heavy atom. The van der Waals surface area contributed by atoms with E-state index in [1.165, 1.54) is 24.4 Å². The smallest absolute Gasteiger partial charge is 0.335 e. The second-order valence-electron chi connectivity index (χ2n) is 4.57. The van der Waals surface area contributed by atoms with Crippen LogP contribution < -0.4 is 0 Å². The highest BCUT2D eigenvalue weighted by molar-refractivity contribution is 5.93. The normalized spacial score (nSPS) is 10.7. The van der Waals surface area contributed by atoms with Crippen LogP contribution in [0.25, 0.3) is 0 Å². The Morgan fingerprint density at radius 1 is 1.05 bits per heavy atom. The number of rotatable bonds is 5. The number of aliphatic carboxylic acids is 1. The van der Waals surface area contributed by atoms with E-state index in [1.54, 1.807) is 24.3 Å². The van der Waals surface area contributed by atoms with Gasteiger partial charge >= 0.3 is 11.9 Å². The molecule has 6 heteroatoms. The highest BCUT2D eigenvalue weighted by atomic mass is 16.4. The number of aromatic carboxylic acids is 1. The quantitative estimate of drug-likeness (QED) is 0.735. The van der Waals surface area contributed by atoms with Gasteiger partial charge in [-0.3, -0.25) is 9.79 Å². The minimum Gasteiger partial charge on any atom is -0.507 e. The second kappa shape index (κ2) is 6.53. The van der Waals surface area contributed by atoms with Crippen LogP contribution in [0.3, 0.4) is 0 Å². The van der Waals surface area contributed by atoms with Gasteiger partial charge < -0.3 is 15.3 Å². The fourth-order valence-electron chi connectivity index (χ4n) is 1.81. The van der Waals surface area contributed by atoms with E-state index in [1.807, 2.05) is 0 Å².